The molecule has 23 heavy (non-hydrogen) atoms. The monoisotopic (exact) mass is 315 g/mol. The molecule has 3 rings (SSSR count). The minimum atomic E-state index is -0.532. The van der Waals surface area contributed by atoms with Crippen molar-refractivity contribution >= 4 is 5.91 Å². The van der Waals surface area contributed by atoms with Crippen molar-refractivity contribution in [1.29, 1.82) is 0 Å². The molecular weight excluding hydrogens is 294 g/mol. The van der Waals surface area contributed by atoms with Gasteiger partial charge < -0.3 is 15.8 Å². The number of aromatic nitrogens is 3. The van der Waals surface area contributed by atoms with Gasteiger partial charge in [-0.2, -0.15) is 0 Å². The second kappa shape index (κ2) is 6.89. The number of benzene rings is 1. The number of hydrogen-bond donors (Lipinski definition) is 2. The smallest absolute Gasteiger partial charge is 0.228 e. The van der Waals surface area contributed by atoms with Gasteiger partial charge in [-0.05, 0) is 25.0 Å². The van der Waals surface area contributed by atoms with Crippen molar-refractivity contribution in [2.24, 2.45) is 11.1 Å². The molecule has 7 nitrogen and oxygen atoms in total. The minimum Gasteiger partial charge on any atom is -0.381 e. The van der Waals surface area contributed by atoms with Crippen molar-refractivity contribution in [3.8, 4) is 5.69 Å². The van der Waals surface area contributed by atoms with Crippen LogP contribution in [0.25, 0.3) is 5.69 Å². The van der Waals surface area contributed by atoms with Gasteiger partial charge in [0.25, 0.3) is 0 Å². The van der Waals surface area contributed by atoms with E-state index >= 15 is 0 Å². The molecular formula is C16H21N5O2. The number of nitrogens with two attached hydrogens (primary N) is 1. The zero-order valence-electron chi connectivity index (χ0n) is 12.9. The lowest BCUT2D eigenvalue weighted by Gasteiger charge is -2.34. The van der Waals surface area contributed by atoms with E-state index in [2.05, 4.69) is 15.5 Å². The van der Waals surface area contributed by atoms with Crippen LogP contribution in [0.1, 0.15) is 18.7 Å². The molecule has 0 radical (unpaired) electrons. The molecule has 0 unspecified atom stereocenters. The lowest BCUT2D eigenvalue weighted by molar-refractivity contribution is -0.136. The van der Waals surface area contributed by atoms with Gasteiger partial charge in [0.1, 0.15) is 6.33 Å². The lowest BCUT2D eigenvalue weighted by Crippen LogP contribution is -2.49. The number of rotatable bonds is 5. The van der Waals surface area contributed by atoms with Crippen LogP contribution in [0.5, 0.6) is 0 Å². The van der Waals surface area contributed by atoms with Crippen LogP contribution in [0, 0.1) is 5.41 Å². The zero-order chi connectivity index (χ0) is 16.1. The highest BCUT2D eigenvalue weighted by atomic mass is 16.5. The van der Waals surface area contributed by atoms with Crippen molar-refractivity contribution in [3.63, 3.8) is 0 Å². The van der Waals surface area contributed by atoms with Gasteiger partial charge in [0, 0.05) is 25.4 Å². The minimum absolute atomic E-state index is 0.0362. The summed E-state index contributed by atoms with van der Waals surface area (Å²) >= 11 is 0. The van der Waals surface area contributed by atoms with E-state index in [1.165, 1.54) is 0 Å². The van der Waals surface area contributed by atoms with Gasteiger partial charge in [0.15, 0.2) is 5.82 Å². The molecule has 0 bridgehead atoms. The van der Waals surface area contributed by atoms with E-state index in [1.54, 1.807) is 6.33 Å². The van der Waals surface area contributed by atoms with Crippen molar-refractivity contribution in [2.75, 3.05) is 19.8 Å². The van der Waals surface area contributed by atoms with Crippen LogP contribution in [-0.2, 0) is 16.1 Å². The van der Waals surface area contributed by atoms with Crippen LogP contribution in [0.2, 0.25) is 0 Å². The molecule has 1 aliphatic rings. The fourth-order valence-corrected chi connectivity index (χ4v) is 2.82. The molecule has 1 aromatic heterocycles. The Kier molecular flexibility index (Phi) is 4.68. The highest BCUT2D eigenvalue weighted by molar-refractivity contribution is 5.83. The molecule has 0 aliphatic carbocycles. The van der Waals surface area contributed by atoms with E-state index in [-0.39, 0.29) is 5.91 Å². The molecule has 2 heterocycles. The molecule has 2 aromatic rings. The molecule has 1 aromatic carbocycles. The highest BCUT2D eigenvalue weighted by Gasteiger charge is 2.38. The van der Waals surface area contributed by atoms with E-state index in [0.29, 0.717) is 45.0 Å². The lowest BCUT2D eigenvalue weighted by atomic mass is 9.79. The Hall–Kier alpha value is -2.25. The van der Waals surface area contributed by atoms with Crippen molar-refractivity contribution < 1.29 is 9.53 Å². The summed E-state index contributed by atoms with van der Waals surface area (Å²) in [5.74, 6) is 0.648. The number of hydrogen-bond acceptors (Lipinski definition) is 5. The Bertz CT molecular complexity index is 650. The first-order chi connectivity index (χ1) is 11.2. The Morgan fingerprint density at radius 2 is 2.04 bits per heavy atom. The van der Waals surface area contributed by atoms with Crippen molar-refractivity contribution in [3.05, 3.63) is 42.5 Å². The average molecular weight is 315 g/mol. The van der Waals surface area contributed by atoms with Gasteiger partial charge in [0.05, 0.1) is 12.0 Å². The van der Waals surface area contributed by atoms with Gasteiger partial charge in [0.2, 0.25) is 5.91 Å². The summed E-state index contributed by atoms with van der Waals surface area (Å²) in [5.41, 5.74) is 6.29. The number of nitrogens with one attached hydrogen (secondary N) is 1. The van der Waals surface area contributed by atoms with Gasteiger partial charge in [-0.3, -0.25) is 9.36 Å². The number of ether oxygens (including phenoxy) is 1. The Morgan fingerprint density at radius 1 is 1.30 bits per heavy atom. The Morgan fingerprint density at radius 3 is 2.74 bits per heavy atom. The average Bonchev–Trinajstić information content (AvgIpc) is 3.09. The maximum absolute atomic E-state index is 12.6. The Balaban J connectivity index is 1.69. The Labute approximate surface area is 134 Å². The van der Waals surface area contributed by atoms with Crippen molar-refractivity contribution in [2.45, 2.75) is 19.4 Å². The van der Waals surface area contributed by atoms with Crippen molar-refractivity contribution in [1.82, 2.24) is 20.1 Å². The van der Waals surface area contributed by atoms with E-state index in [9.17, 15) is 4.79 Å². The molecule has 7 heteroatoms. The summed E-state index contributed by atoms with van der Waals surface area (Å²) in [6.07, 6.45) is 2.95. The normalized spacial score (nSPS) is 16.9. The van der Waals surface area contributed by atoms with E-state index in [0.717, 1.165) is 5.69 Å². The highest BCUT2D eigenvalue weighted by Crippen LogP contribution is 2.29. The van der Waals surface area contributed by atoms with Gasteiger partial charge in [-0.1, -0.05) is 18.2 Å². The molecule has 0 spiro atoms. The van der Waals surface area contributed by atoms with E-state index < -0.39 is 5.41 Å². The fraction of sp³-hybridized carbons (Fsp3) is 0.438. The number of carbonyl (C=O) groups is 1. The summed E-state index contributed by atoms with van der Waals surface area (Å²) in [5, 5.41) is 11.0. The number of para-hydroxylation sites is 1. The summed E-state index contributed by atoms with van der Waals surface area (Å²) in [6.45, 7) is 1.79. The zero-order valence-corrected chi connectivity index (χ0v) is 12.9. The summed E-state index contributed by atoms with van der Waals surface area (Å²) < 4.78 is 7.20. The first-order valence-corrected chi connectivity index (χ1v) is 7.76. The second-order valence-corrected chi connectivity index (χ2v) is 5.73. The van der Waals surface area contributed by atoms with Crippen LogP contribution in [0.3, 0.4) is 0 Å². The maximum atomic E-state index is 12.6. The van der Waals surface area contributed by atoms with E-state index in [4.69, 9.17) is 10.5 Å². The SMILES string of the molecule is NCC1(C(=O)NCc2nncn2-c2ccccc2)CCOCC1. The predicted octanol–water partition coefficient (Wildman–Crippen LogP) is 0.639. The first kappa shape index (κ1) is 15.6. The van der Waals surface area contributed by atoms with Gasteiger partial charge in [-0.15, -0.1) is 10.2 Å². The molecule has 0 saturated carbocycles. The van der Waals surface area contributed by atoms with Crippen LogP contribution in [-0.4, -0.2) is 40.4 Å². The third kappa shape index (κ3) is 3.25. The molecule has 1 saturated heterocycles. The standard InChI is InChI=1S/C16H21N5O2/c17-11-16(6-8-23-9-7-16)15(22)18-10-14-20-19-12-21(14)13-4-2-1-3-5-13/h1-5,12H,6-11,17H2,(H,18,22). The number of carbonyl (C=O) groups excluding carboxylic acids is 1. The van der Waals surface area contributed by atoms with E-state index in [1.807, 2.05) is 34.9 Å². The largest absolute Gasteiger partial charge is 0.381 e. The summed E-state index contributed by atoms with van der Waals surface area (Å²) in [6, 6.07) is 9.78. The third-order valence-electron chi connectivity index (χ3n) is 4.38. The maximum Gasteiger partial charge on any atom is 0.228 e. The van der Waals surface area contributed by atoms with Crippen LogP contribution < -0.4 is 11.1 Å². The van der Waals surface area contributed by atoms with Crippen LogP contribution in [0.4, 0.5) is 0 Å². The summed E-state index contributed by atoms with van der Waals surface area (Å²) in [7, 11) is 0. The first-order valence-electron chi connectivity index (χ1n) is 7.76. The number of amides is 1. The molecule has 0 atom stereocenters. The summed E-state index contributed by atoms with van der Waals surface area (Å²) in [4.78, 5) is 12.6. The van der Waals surface area contributed by atoms with Gasteiger partial charge >= 0.3 is 0 Å². The molecule has 1 fully saturated rings. The molecule has 3 N–H and O–H groups in total. The van der Waals surface area contributed by atoms with Crippen LogP contribution >= 0.6 is 0 Å². The molecule has 122 valence electrons. The molecule has 1 amide bonds. The van der Waals surface area contributed by atoms with Crippen LogP contribution in [0.15, 0.2) is 36.7 Å². The second-order valence-electron chi connectivity index (χ2n) is 5.73. The number of nitrogens with zero attached hydrogens (tertiary/aromatic N) is 3. The fourth-order valence-electron chi connectivity index (χ4n) is 2.82. The topological polar surface area (TPSA) is 95.1 Å². The quantitative estimate of drug-likeness (QED) is 0.844. The predicted molar refractivity (Wildman–Crippen MR) is 84.7 cm³/mol. The van der Waals surface area contributed by atoms with Gasteiger partial charge in [-0.25, -0.2) is 0 Å². The third-order valence-corrected chi connectivity index (χ3v) is 4.38. The molecule has 1 aliphatic heterocycles.